The molecule has 1 aliphatic heterocycles. The van der Waals surface area contributed by atoms with Crippen molar-refractivity contribution < 1.29 is 22.8 Å². The van der Waals surface area contributed by atoms with Gasteiger partial charge in [-0.2, -0.15) is 18.2 Å². The van der Waals surface area contributed by atoms with Crippen molar-refractivity contribution in [2.24, 2.45) is 0 Å². The molecule has 2 atom stereocenters. The molecule has 2 N–H and O–H groups in total. The highest BCUT2D eigenvalue weighted by atomic mass is 19.4. The van der Waals surface area contributed by atoms with Gasteiger partial charge in [-0.15, -0.1) is 0 Å². The zero-order valence-electron chi connectivity index (χ0n) is 7.45. The van der Waals surface area contributed by atoms with Gasteiger partial charge in [-0.1, -0.05) is 5.16 Å². The zero-order chi connectivity index (χ0) is 11.1. The normalized spacial score (nSPS) is 27.2. The molecule has 2 rings (SSSR count). The highest BCUT2D eigenvalue weighted by Gasteiger charge is 2.39. The SMILES string of the molecule is O[C@@H]1CN[C@@H](c2nc(C(F)(F)F)no2)C1. The van der Waals surface area contributed by atoms with Crippen LogP contribution in [-0.2, 0) is 6.18 Å². The Bertz CT molecular complexity index is 351. The minimum absolute atomic E-state index is 0.140. The van der Waals surface area contributed by atoms with Gasteiger partial charge in [0.05, 0.1) is 12.1 Å². The van der Waals surface area contributed by atoms with Crippen LogP contribution in [-0.4, -0.2) is 27.9 Å². The van der Waals surface area contributed by atoms with Crippen LogP contribution < -0.4 is 5.32 Å². The molecule has 0 radical (unpaired) electrons. The molecule has 1 aromatic heterocycles. The number of alkyl halides is 3. The molecular formula is C7H8F3N3O2. The molecule has 0 aromatic carbocycles. The standard InChI is InChI=1S/C7H8F3N3O2/c8-7(9,10)6-12-5(15-13-6)4-1-3(14)2-11-4/h3-4,11,14H,1-2H2/t3-,4+/m0/s1. The van der Waals surface area contributed by atoms with Gasteiger partial charge in [-0.05, 0) is 6.42 Å². The van der Waals surface area contributed by atoms with Gasteiger partial charge in [0.2, 0.25) is 5.89 Å². The molecule has 0 aliphatic carbocycles. The van der Waals surface area contributed by atoms with Crippen molar-refractivity contribution in [3.63, 3.8) is 0 Å². The first-order valence-corrected chi connectivity index (χ1v) is 4.29. The highest BCUT2D eigenvalue weighted by molar-refractivity contribution is 4.99. The van der Waals surface area contributed by atoms with Gasteiger partial charge in [0.15, 0.2) is 0 Å². The summed E-state index contributed by atoms with van der Waals surface area (Å²) in [5, 5.41) is 14.8. The third-order valence-corrected chi connectivity index (χ3v) is 2.10. The smallest absolute Gasteiger partial charge is 0.392 e. The lowest BCUT2D eigenvalue weighted by Crippen LogP contribution is -2.15. The quantitative estimate of drug-likeness (QED) is 0.724. The molecular weight excluding hydrogens is 215 g/mol. The molecule has 1 aromatic rings. The van der Waals surface area contributed by atoms with Gasteiger partial charge in [0.1, 0.15) is 0 Å². The topological polar surface area (TPSA) is 71.2 Å². The second-order valence-corrected chi connectivity index (χ2v) is 3.30. The maximum absolute atomic E-state index is 12.1. The number of hydrogen-bond donors (Lipinski definition) is 2. The number of nitrogens with one attached hydrogen (secondary N) is 1. The summed E-state index contributed by atoms with van der Waals surface area (Å²) in [6.07, 6.45) is -4.91. The van der Waals surface area contributed by atoms with E-state index in [2.05, 4.69) is 20.0 Å². The molecule has 84 valence electrons. The number of hydrogen-bond acceptors (Lipinski definition) is 5. The fourth-order valence-electron chi connectivity index (χ4n) is 1.40. The van der Waals surface area contributed by atoms with Gasteiger partial charge in [0.25, 0.3) is 5.82 Å². The minimum Gasteiger partial charge on any atom is -0.392 e. The Labute approximate surface area is 82.3 Å². The summed E-state index contributed by atoms with van der Waals surface area (Å²) in [5.41, 5.74) is 0. The number of rotatable bonds is 1. The van der Waals surface area contributed by atoms with E-state index in [4.69, 9.17) is 5.11 Å². The molecule has 1 aliphatic rings. The van der Waals surface area contributed by atoms with Crippen LogP contribution in [0.25, 0.3) is 0 Å². The summed E-state index contributed by atoms with van der Waals surface area (Å²) < 4.78 is 40.8. The number of halogens is 3. The maximum Gasteiger partial charge on any atom is 0.455 e. The third kappa shape index (κ3) is 2.10. The van der Waals surface area contributed by atoms with Crippen LogP contribution in [0.2, 0.25) is 0 Å². The average Bonchev–Trinajstić information content (AvgIpc) is 2.69. The summed E-state index contributed by atoms with van der Waals surface area (Å²) in [7, 11) is 0. The van der Waals surface area contributed by atoms with E-state index in [-0.39, 0.29) is 12.3 Å². The number of aliphatic hydroxyl groups excluding tert-OH is 1. The monoisotopic (exact) mass is 223 g/mol. The fraction of sp³-hybridized carbons (Fsp3) is 0.714. The van der Waals surface area contributed by atoms with Crippen LogP contribution in [0.4, 0.5) is 13.2 Å². The summed E-state index contributed by atoms with van der Waals surface area (Å²) in [4.78, 5) is 3.22. The molecule has 5 nitrogen and oxygen atoms in total. The van der Waals surface area contributed by atoms with Gasteiger partial charge < -0.3 is 14.9 Å². The van der Waals surface area contributed by atoms with E-state index in [0.717, 1.165) is 0 Å². The van der Waals surface area contributed by atoms with Crippen molar-refractivity contribution in [3.8, 4) is 0 Å². The summed E-state index contributed by atoms with van der Waals surface area (Å²) in [6, 6.07) is -0.497. The molecule has 0 amide bonds. The van der Waals surface area contributed by atoms with Crippen molar-refractivity contribution in [2.75, 3.05) is 6.54 Å². The van der Waals surface area contributed by atoms with Gasteiger partial charge in [-0.25, -0.2) is 0 Å². The highest BCUT2D eigenvalue weighted by Crippen LogP contribution is 2.29. The average molecular weight is 223 g/mol. The van der Waals surface area contributed by atoms with Crippen molar-refractivity contribution in [1.82, 2.24) is 15.5 Å². The Hall–Kier alpha value is -1.15. The first-order valence-electron chi connectivity index (χ1n) is 4.29. The number of nitrogens with zero attached hydrogens (tertiary/aromatic N) is 2. The van der Waals surface area contributed by atoms with Crippen LogP contribution in [0.5, 0.6) is 0 Å². The molecule has 0 bridgehead atoms. The molecule has 0 unspecified atom stereocenters. The van der Waals surface area contributed by atoms with Crippen molar-refractivity contribution in [2.45, 2.75) is 24.7 Å². The number of aromatic nitrogens is 2. The van der Waals surface area contributed by atoms with E-state index in [1.54, 1.807) is 0 Å². The molecule has 2 heterocycles. The van der Waals surface area contributed by atoms with Crippen LogP contribution in [0, 0.1) is 0 Å². The van der Waals surface area contributed by atoms with E-state index >= 15 is 0 Å². The summed E-state index contributed by atoms with van der Waals surface area (Å²) in [5.74, 6) is -1.43. The predicted octanol–water partition coefficient (Wildman–Crippen LogP) is 0.484. The van der Waals surface area contributed by atoms with Crippen molar-refractivity contribution in [1.29, 1.82) is 0 Å². The second-order valence-electron chi connectivity index (χ2n) is 3.30. The Morgan fingerprint density at radius 1 is 1.47 bits per heavy atom. The Morgan fingerprint density at radius 3 is 2.67 bits per heavy atom. The molecule has 0 spiro atoms. The van der Waals surface area contributed by atoms with Crippen molar-refractivity contribution >= 4 is 0 Å². The van der Waals surface area contributed by atoms with E-state index in [0.29, 0.717) is 6.54 Å². The van der Waals surface area contributed by atoms with Crippen molar-refractivity contribution in [3.05, 3.63) is 11.7 Å². The van der Waals surface area contributed by atoms with Gasteiger partial charge in [-0.3, -0.25) is 0 Å². The lowest BCUT2D eigenvalue weighted by atomic mass is 10.2. The van der Waals surface area contributed by atoms with Gasteiger partial charge >= 0.3 is 6.18 Å². The fourth-order valence-corrected chi connectivity index (χ4v) is 1.40. The van der Waals surface area contributed by atoms with E-state index < -0.39 is 24.1 Å². The lowest BCUT2D eigenvalue weighted by Gasteiger charge is -2.01. The molecule has 15 heavy (non-hydrogen) atoms. The number of β-amino-alcohol motifs (C(OH)–C–C–N with tert-alkyl or cyclic N) is 1. The molecule has 1 saturated heterocycles. The van der Waals surface area contributed by atoms with E-state index in [1.807, 2.05) is 0 Å². The van der Waals surface area contributed by atoms with Crippen LogP contribution in [0.15, 0.2) is 4.52 Å². The summed E-state index contributed by atoms with van der Waals surface area (Å²) in [6.45, 7) is 0.314. The first-order chi connectivity index (χ1) is 6.97. The molecule has 1 fully saturated rings. The maximum atomic E-state index is 12.1. The van der Waals surface area contributed by atoms with Gasteiger partial charge in [0, 0.05) is 6.54 Å². The zero-order valence-corrected chi connectivity index (χ0v) is 7.45. The molecule has 8 heteroatoms. The largest absolute Gasteiger partial charge is 0.455 e. The number of aliphatic hydroxyl groups is 1. The molecule has 0 saturated carbocycles. The lowest BCUT2D eigenvalue weighted by molar-refractivity contribution is -0.146. The Kier molecular flexibility index (Phi) is 2.39. The van der Waals surface area contributed by atoms with E-state index in [1.165, 1.54) is 0 Å². The Morgan fingerprint density at radius 2 is 2.20 bits per heavy atom. The van der Waals surface area contributed by atoms with Crippen LogP contribution >= 0.6 is 0 Å². The van der Waals surface area contributed by atoms with E-state index in [9.17, 15) is 13.2 Å². The summed E-state index contributed by atoms with van der Waals surface area (Å²) >= 11 is 0. The first kappa shape index (κ1) is 10.4. The second kappa shape index (κ2) is 3.46. The van der Waals surface area contributed by atoms with Crippen LogP contribution in [0.1, 0.15) is 24.2 Å². The third-order valence-electron chi connectivity index (χ3n) is 2.10. The Balaban J connectivity index is 2.14. The van der Waals surface area contributed by atoms with Crippen LogP contribution in [0.3, 0.4) is 0 Å². The predicted molar refractivity (Wildman–Crippen MR) is 40.7 cm³/mol. The minimum atomic E-state index is -4.60.